The zero-order valence-corrected chi connectivity index (χ0v) is 14.8. The summed E-state index contributed by atoms with van der Waals surface area (Å²) < 4.78 is 11.1. The number of rotatable bonds is 5. The highest BCUT2D eigenvalue weighted by molar-refractivity contribution is 5.89. The summed E-state index contributed by atoms with van der Waals surface area (Å²) in [5, 5.41) is 0. The number of carbonyl (C=O) groups excluding carboxylic acids is 2. The molecule has 1 unspecified atom stereocenters. The second-order valence-electron chi connectivity index (χ2n) is 6.62. The maximum absolute atomic E-state index is 12.5. The number of carbonyl (C=O) groups is 2. The van der Waals surface area contributed by atoms with Crippen LogP contribution < -0.4 is 0 Å². The SMILES string of the molecule is C=C(C)C(=O)OC(C)C(=O)OC1(c2ccccc2C)CCCCC1. The molecule has 1 aromatic rings. The van der Waals surface area contributed by atoms with Crippen molar-refractivity contribution in [2.75, 3.05) is 0 Å². The van der Waals surface area contributed by atoms with Crippen LogP contribution in [0.4, 0.5) is 0 Å². The van der Waals surface area contributed by atoms with Gasteiger partial charge in [0.15, 0.2) is 6.10 Å². The van der Waals surface area contributed by atoms with Crippen LogP contribution in [0.15, 0.2) is 36.4 Å². The average molecular weight is 330 g/mol. The van der Waals surface area contributed by atoms with E-state index in [0.29, 0.717) is 0 Å². The van der Waals surface area contributed by atoms with Crippen LogP contribution in [0.5, 0.6) is 0 Å². The number of aryl methyl sites for hydroxylation is 1. The van der Waals surface area contributed by atoms with Crippen LogP contribution in [0.25, 0.3) is 0 Å². The van der Waals surface area contributed by atoms with Gasteiger partial charge in [-0.2, -0.15) is 0 Å². The Kier molecular flexibility index (Phi) is 5.81. The van der Waals surface area contributed by atoms with Gasteiger partial charge in [0.2, 0.25) is 0 Å². The summed E-state index contributed by atoms with van der Waals surface area (Å²) in [5.74, 6) is -1.08. The molecule has 1 aliphatic rings. The fraction of sp³-hybridized carbons (Fsp3) is 0.500. The molecule has 0 amide bonds. The van der Waals surface area contributed by atoms with Crippen molar-refractivity contribution in [2.24, 2.45) is 0 Å². The Labute approximate surface area is 143 Å². The van der Waals surface area contributed by atoms with Gasteiger partial charge in [-0.15, -0.1) is 0 Å². The van der Waals surface area contributed by atoms with Crippen LogP contribution in [0.1, 0.15) is 57.1 Å². The van der Waals surface area contributed by atoms with Gasteiger partial charge in [-0.3, -0.25) is 0 Å². The molecule has 0 aromatic heterocycles. The maximum Gasteiger partial charge on any atom is 0.348 e. The second-order valence-corrected chi connectivity index (χ2v) is 6.62. The van der Waals surface area contributed by atoms with E-state index in [-0.39, 0.29) is 5.57 Å². The van der Waals surface area contributed by atoms with Gasteiger partial charge in [-0.25, -0.2) is 9.59 Å². The third kappa shape index (κ3) is 4.05. The molecule has 4 nitrogen and oxygen atoms in total. The monoisotopic (exact) mass is 330 g/mol. The molecule has 1 fully saturated rings. The molecule has 0 N–H and O–H groups in total. The van der Waals surface area contributed by atoms with E-state index in [9.17, 15) is 9.59 Å². The van der Waals surface area contributed by atoms with Crippen molar-refractivity contribution in [1.82, 2.24) is 0 Å². The van der Waals surface area contributed by atoms with Gasteiger partial charge < -0.3 is 9.47 Å². The van der Waals surface area contributed by atoms with E-state index < -0.39 is 23.6 Å². The highest BCUT2D eigenvalue weighted by Crippen LogP contribution is 2.42. The smallest absolute Gasteiger partial charge is 0.348 e. The van der Waals surface area contributed by atoms with Gasteiger partial charge in [0.05, 0.1) is 0 Å². The first-order valence-electron chi connectivity index (χ1n) is 8.51. The van der Waals surface area contributed by atoms with Crippen LogP contribution >= 0.6 is 0 Å². The van der Waals surface area contributed by atoms with Crippen molar-refractivity contribution in [2.45, 2.75) is 64.6 Å². The van der Waals surface area contributed by atoms with Crippen LogP contribution in [-0.4, -0.2) is 18.0 Å². The fourth-order valence-corrected chi connectivity index (χ4v) is 3.22. The van der Waals surface area contributed by atoms with E-state index in [1.54, 1.807) is 6.92 Å². The molecule has 1 saturated carbocycles. The number of esters is 2. The predicted octanol–water partition coefficient (Wildman–Crippen LogP) is 4.21. The minimum atomic E-state index is -0.947. The lowest BCUT2D eigenvalue weighted by Gasteiger charge is -2.38. The molecular weight excluding hydrogens is 304 g/mol. The van der Waals surface area contributed by atoms with E-state index in [2.05, 4.69) is 6.58 Å². The molecule has 1 aliphatic carbocycles. The highest BCUT2D eigenvalue weighted by atomic mass is 16.6. The molecule has 0 radical (unpaired) electrons. The lowest BCUT2D eigenvalue weighted by Crippen LogP contribution is -2.39. The number of benzene rings is 1. The van der Waals surface area contributed by atoms with E-state index >= 15 is 0 Å². The summed E-state index contributed by atoms with van der Waals surface area (Å²) in [6.07, 6.45) is 3.82. The first-order valence-corrected chi connectivity index (χ1v) is 8.51. The summed E-state index contributed by atoms with van der Waals surface area (Å²) in [4.78, 5) is 24.2. The van der Waals surface area contributed by atoms with Crippen molar-refractivity contribution in [3.8, 4) is 0 Å². The van der Waals surface area contributed by atoms with Crippen molar-refractivity contribution in [3.63, 3.8) is 0 Å². The van der Waals surface area contributed by atoms with Gasteiger partial charge in [-0.1, -0.05) is 37.3 Å². The van der Waals surface area contributed by atoms with E-state index in [1.165, 1.54) is 6.92 Å². The van der Waals surface area contributed by atoms with E-state index in [0.717, 1.165) is 43.2 Å². The predicted molar refractivity (Wildman–Crippen MR) is 92.4 cm³/mol. The fourth-order valence-electron chi connectivity index (χ4n) is 3.22. The van der Waals surface area contributed by atoms with E-state index in [4.69, 9.17) is 9.47 Å². The molecular formula is C20H26O4. The summed E-state index contributed by atoms with van der Waals surface area (Å²) in [5.41, 5.74) is 1.81. The topological polar surface area (TPSA) is 52.6 Å². The number of ether oxygens (including phenoxy) is 2. The van der Waals surface area contributed by atoms with Gasteiger partial charge in [0, 0.05) is 5.57 Å². The van der Waals surface area contributed by atoms with Crippen LogP contribution in [0.3, 0.4) is 0 Å². The Morgan fingerprint density at radius 1 is 1.17 bits per heavy atom. The minimum Gasteiger partial charge on any atom is -0.451 e. The third-order valence-corrected chi connectivity index (χ3v) is 4.56. The Morgan fingerprint density at radius 3 is 2.38 bits per heavy atom. The maximum atomic E-state index is 12.5. The Hall–Kier alpha value is -2.10. The summed E-state index contributed by atoms with van der Waals surface area (Å²) in [6, 6.07) is 8.01. The minimum absolute atomic E-state index is 0.265. The molecule has 0 spiro atoms. The lowest BCUT2D eigenvalue weighted by atomic mass is 9.78. The molecule has 130 valence electrons. The molecule has 4 heteroatoms. The molecule has 1 atom stereocenters. The molecule has 0 aliphatic heterocycles. The number of hydrogen-bond acceptors (Lipinski definition) is 4. The first-order chi connectivity index (χ1) is 11.4. The van der Waals surface area contributed by atoms with Crippen LogP contribution in [0.2, 0.25) is 0 Å². The van der Waals surface area contributed by atoms with Gasteiger partial charge in [-0.05, 0) is 57.6 Å². The quantitative estimate of drug-likeness (QED) is 0.599. The Balaban J connectivity index is 2.20. The molecule has 0 saturated heterocycles. The average Bonchev–Trinajstić information content (AvgIpc) is 2.55. The Morgan fingerprint density at radius 2 is 1.79 bits per heavy atom. The van der Waals surface area contributed by atoms with E-state index in [1.807, 2.05) is 31.2 Å². The van der Waals surface area contributed by atoms with Crippen molar-refractivity contribution >= 4 is 11.9 Å². The molecule has 24 heavy (non-hydrogen) atoms. The summed E-state index contributed by atoms with van der Waals surface area (Å²) in [6.45, 7) is 8.65. The summed E-state index contributed by atoms with van der Waals surface area (Å²) in [7, 11) is 0. The highest BCUT2D eigenvalue weighted by Gasteiger charge is 2.40. The van der Waals surface area contributed by atoms with Crippen LogP contribution in [-0.2, 0) is 24.7 Å². The molecule has 0 bridgehead atoms. The molecule has 0 heterocycles. The summed E-state index contributed by atoms with van der Waals surface area (Å²) >= 11 is 0. The van der Waals surface area contributed by atoms with Crippen molar-refractivity contribution in [3.05, 3.63) is 47.5 Å². The lowest BCUT2D eigenvalue weighted by molar-refractivity contribution is -0.181. The first kappa shape index (κ1) is 18.2. The van der Waals surface area contributed by atoms with Gasteiger partial charge >= 0.3 is 11.9 Å². The van der Waals surface area contributed by atoms with Crippen molar-refractivity contribution < 1.29 is 19.1 Å². The second kappa shape index (κ2) is 7.65. The third-order valence-electron chi connectivity index (χ3n) is 4.56. The zero-order valence-electron chi connectivity index (χ0n) is 14.8. The standard InChI is InChI=1S/C20H26O4/c1-14(2)18(21)23-16(4)19(22)24-20(12-8-5-9-13-20)17-11-7-6-10-15(17)3/h6-7,10-11,16H,1,5,8-9,12-13H2,2-4H3. The number of hydrogen-bond donors (Lipinski definition) is 0. The van der Waals surface area contributed by atoms with Gasteiger partial charge in [0.25, 0.3) is 0 Å². The van der Waals surface area contributed by atoms with Crippen LogP contribution in [0, 0.1) is 6.92 Å². The Bertz CT molecular complexity index is 626. The largest absolute Gasteiger partial charge is 0.451 e. The normalized spacial score (nSPS) is 17.6. The zero-order chi connectivity index (χ0) is 17.7. The van der Waals surface area contributed by atoms with Crippen molar-refractivity contribution in [1.29, 1.82) is 0 Å². The molecule has 2 rings (SSSR count). The molecule has 1 aromatic carbocycles. The van der Waals surface area contributed by atoms with Gasteiger partial charge in [0.1, 0.15) is 5.60 Å².